The van der Waals surface area contributed by atoms with E-state index in [1.54, 1.807) is 35.9 Å². The van der Waals surface area contributed by atoms with Crippen LogP contribution in [0.15, 0.2) is 59.8 Å². The molecule has 0 amide bonds. The van der Waals surface area contributed by atoms with Crippen LogP contribution in [0.1, 0.15) is 5.56 Å². The topological polar surface area (TPSA) is 89.8 Å². The lowest BCUT2D eigenvalue weighted by molar-refractivity contribution is 0.601. The van der Waals surface area contributed by atoms with Crippen molar-refractivity contribution in [3.05, 3.63) is 66.2 Å². The first-order chi connectivity index (χ1) is 13.3. The summed E-state index contributed by atoms with van der Waals surface area (Å²) in [5.41, 5.74) is 2.39. The van der Waals surface area contributed by atoms with Crippen molar-refractivity contribution in [2.24, 2.45) is 7.05 Å². The van der Waals surface area contributed by atoms with Gasteiger partial charge in [0.05, 0.1) is 4.90 Å². The second kappa shape index (κ2) is 6.68. The van der Waals surface area contributed by atoms with Crippen molar-refractivity contribution >= 4 is 27.0 Å². The van der Waals surface area contributed by atoms with Gasteiger partial charge in [-0.05, 0) is 43.3 Å². The molecule has 0 saturated carbocycles. The zero-order chi connectivity index (χ0) is 19.9. The lowest BCUT2D eigenvalue weighted by Crippen LogP contribution is -2.14. The molecule has 0 spiro atoms. The third kappa shape index (κ3) is 3.20. The van der Waals surface area contributed by atoms with Gasteiger partial charge >= 0.3 is 0 Å². The average molecular weight is 397 g/mol. The number of hydrogen-bond acceptors (Lipinski definition) is 5. The highest BCUT2D eigenvalue weighted by molar-refractivity contribution is 7.92. The lowest BCUT2D eigenvalue weighted by atomic mass is 10.2. The Labute approximate surface area is 161 Å². The van der Waals surface area contributed by atoms with E-state index in [0.717, 1.165) is 5.56 Å². The Morgan fingerprint density at radius 1 is 1.00 bits per heavy atom. The molecule has 2 aromatic carbocycles. The van der Waals surface area contributed by atoms with E-state index >= 15 is 0 Å². The molecule has 1 N–H and O–H groups in total. The Hall–Kier alpha value is -3.33. The smallest absolute Gasteiger partial charge is 0.263 e. The van der Waals surface area contributed by atoms with Gasteiger partial charge in [0, 0.05) is 12.6 Å². The Morgan fingerprint density at radius 3 is 2.36 bits per heavy atom. The molecule has 2 aromatic heterocycles. The number of benzene rings is 2. The number of rotatable bonds is 4. The summed E-state index contributed by atoms with van der Waals surface area (Å²) in [5, 5.41) is 0. The number of nitrogens with one attached hydrogen (secondary N) is 1. The first-order valence-electron chi connectivity index (χ1n) is 8.38. The maximum atomic E-state index is 13.2. The van der Waals surface area contributed by atoms with Crippen molar-refractivity contribution in [2.75, 3.05) is 4.72 Å². The lowest BCUT2D eigenvalue weighted by Gasteiger charge is -2.07. The SMILES string of the molecule is Cc1ccc(S(=O)(=O)Nc2ncnc3c2nc(-c2ccc(F)cc2)n3C)cc1. The second-order valence-electron chi connectivity index (χ2n) is 6.31. The van der Waals surface area contributed by atoms with E-state index in [9.17, 15) is 12.8 Å². The molecule has 4 rings (SSSR count). The average Bonchev–Trinajstić information content (AvgIpc) is 3.01. The molecule has 142 valence electrons. The molecule has 0 saturated heterocycles. The van der Waals surface area contributed by atoms with Crippen LogP contribution in [-0.2, 0) is 17.1 Å². The molecule has 0 radical (unpaired) electrons. The van der Waals surface area contributed by atoms with Gasteiger partial charge in [-0.15, -0.1) is 0 Å². The van der Waals surface area contributed by atoms with Crippen LogP contribution in [0.5, 0.6) is 0 Å². The zero-order valence-electron chi connectivity index (χ0n) is 15.1. The predicted octanol–water partition coefficient (Wildman–Crippen LogP) is 3.28. The van der Waals surface area contributed by atoms with Crippen molar-refractivity contribution in [3.63, 3.8) is 0 Å². The Morgan fingerprint density at radius 2 is 1.68 bits per heavy atom. The van der Waals surface area contributed by atoms with Gasteiger partial charge in [-0.25, -0.2) is 27.8 Å². The quantitative estimate of drug-likeness (QED) is 0.571. The van der Waals surface area contributed by atoms with E-state index in [0.29, 0.717) is 22.6 Å². The van der Waals surface area contributed by atoms with E-state index in [2.05, 4.69) is 19.7 Å². The monoisotopic (exact) mass is 397 g/mol. The van der Waals surface area contributed by atoms with E-state index in [1.807, 2.05) is 6.92 Å². The largest absolute Gasteiger partial charge is 0.312 e. The van der Waals surface area contributed by atoms with Gasteiger partial charge in [-0.2, -0.15) is 0 Å². The molecule has 2 heterocycles. The van der Waals surface area contributed by atoms with Crippen molar-refractivity contribution in [1.82, 2.24) is 19.5 Å². The molecular formula is C19H16FN5O2S. The van der Waals surface area contributed by atoms with Crippen molar-refractivity contribution in [3.8, 4) is 11.4 Å². The number of halogens is 1. The number of fused-ring (bicyclic) bond motifs is 1. The van der Waals surface area contributed by atoms with Gasteiger partial charge in [0.25, 0.3) is 10.0 Å². The van der Waals surface area contributed by atoms with Crippen molar-refractivity contribution in [2.45, 2.75) is 11.8 Å². The third-order valence-corrected chi connectivity index (χ3v) is 5.68. The molecule has 0 aliphatic rings. The number of aryl methyl sites for hydroxylation is 2. The fraction of sp³-hybridized carbons (Fsp3) is 0.105. The molecule has 4 aromatic rings. The minimum absolute atomic E-state index is 0.0783. The number of nitrogens with zero attached hydrogens (tertiary/aromatic N) is 4. The Kier molecular flexibility index (Phi) is 4.31. The molecule has 0 atom stereocenters. The van der Waals surface area contributed by atoms with E-state index in [4.69, 9.17) is 0 Å². The van der Waals surface area contributed by atoms with Crippen LogP contribution >= 0.6 is 0 Å². The predicted molar refractivity (Wildman–Crippen MR) is 104 cm³/mol. The second-order valence-corrected chi connectivity index (χ2v) is 8.00. The standard InChI is InChI=1S/C19H16FN5O2S/c1-12-3-9-15(10-4-12)28(26,27)24-17-16-19(22-11-21-17)25(2)18(23-16)13-5-7-14(20)8-6-13/h3-11H,1-2H3,(H,21,22,24). The summed E-state index contributed by atoms with van der Waals surface area (Å²) >= 11 is 0. The highest BCUT2D eigenvalue weighted by Crippen LogP contribution is 2.27. The van der Waals surface area contributed by atoms with E-state index in [1.165, 1.54) is 30.6 Å². The maximum absolute atomic E-state index is 13.2. The summed E-state index contributed by atoms with van der Waals surface area (Å²) in [5.74, 6) is 0.245. The molecule has 0 bridgehead atoms. The third-order valence-electron chi connectivity index (χ3n) is 4.32. The van der Waals surface area contributed by atoms with Gasteiger partial charge in [-0.3, -0.25) is 4.72 Å². The number of sulfonamides is 1. The van der Waals surface area contributed by atoms with Gasteiger partial charge in [0.1, 0.15) is 18.0 Å². The first kappa shape index (κ1) is 18.1. The van der Waals surface area contributed by atoms with Crippen LogP contribution in [0.3, 0.4) is 0 Å². The van der Waals surface area contributed by atoms with Gasteiger partial charge in [0.15, 0.2) is 17.0 Å². The summed E-state index contributed by atoms with van der Waals surface area (Å²) in [6.45, 7) is 1.88. The summed E-state index contributed by atoms with van der Waals surface area (Å²) in [6, 6.07) is 12.4. The minimum Gasteiger partial charge on any atom is -0.312 e. The molecule has 0 aliphatic heterocycles. The fourth-order valence-corrected chi connectivity index (χ4v) is 3.85. The Bertz CT molecular complexity index is 1270. The van der Waals surface area contributed by atoms with Gasteiger partial charge < -0.3 is 4.57 Å². The first-order valence-corrected chi connectivity index (χ1v) is 9.86. The van der Waals surface area contributed by atoms with E-state index < -0.39 is 10.0 Å². The molecule has 0 unspecified atom stereocenters. The van der Waals surface area contributed by atoms with Crippen molar-refractivity contribution < 1.29 is 12.8 Å². The molecule has 7 nitrogen and oxygen atoms in total. The van der Waals surface area contributed by atoms with Crippen LogP contribution in [0.2, 0.25) is 0 Å². The van der Waals surface area contributed by atoms with Gasteiger partial charge in [0.2, 0.25) is 0 Å². The van der Waals surface area contributed by atoms with Crippen molar-refractivity contribution in [1.29, 1.82) is 0 Å². The highest BCUT2D eigenvalue weighted by atomic mass is 32.2. The minimum atomic E-state index is -3.83. The normalized spacial score (nSPS) is 11.7. The van der Waals surface area contributed by atoms with Crippen LogP contribution in [0, 0.1) is 12.7 Å². The maximum Gasteiger partial charge on any atom is 0.263 e. The van der Waals surface area contributed by atoms with Crippen LogP contribution in [-0.4, -0.2) is 27.9 Å². The number of anilines is 1. The molecule has 0 aliphatic carbocycles. The molecule has 28 heavy (non-hydrogen) atoms. The van der Waals surface area contributed by atoms with Crippen LogP contribution in [0.25, 0.3) is 22.6 Å². The summed E-state index contributed by atoms with van der Waals surface area (Å²) in [7, 11) is -2.09. The van der Waals surface area contributed by atoms with Crippen LogP contribution < -0.4 is 4.72 Å². The van der Waals surface area contributed by atoms with Crippen LogP contribution in [0.4, 0.5) is 10.2 Å². The Balaban J connectivity index is 1.79. The number of imidazole rings is 1. The molecular weight excluding hydrogens is 381 g/mol. The molecule has 0 fully saturated rings. The summed E-state index contributed by atoms with van der Waals surface area (Å²) in [6.07, 6.45) is 1.27. The number of hydrogen-bond donors (Lipinski definition) is 1. The number of aromatic nitrogens is 4. The molecule has 9 heteroatoms. The van der Waals surface area contributed by atoms with E-state index in [-0.39, 0.29) is 16.5 Å². The van der Waals surface area contributed by atoms with Gasteiger partial charge in [-0.1, -0.05) is 17.7 Å². The fourth-order valence-electron chi connectivity index (χ4n) is 2.83. The summed E-state index contributed by atoms with van der Waals surface area (Å²) in [4.78, 5) is 12.9. The zero-order valence-corrected chi connectivity index (χ0v) is 15.9. The highest BCUT2D eigenvalue weighted by Gasteiger charge is 2.20. The summed E-state index contributed by atoms with van der Waals surface area (Å²) < 4.78 is 42.8.